The Kier molecular flexibility index (Phi) is 5.17. The van der Waals surface area contributed by atoms with Gasteiger partial charge in [-0.05, 0) is 28.4 Å². The van der Waals surface area contributed by atoms with Gasteiger partial charge < -0.3 is 10.4 Å². The Labute approximate surface area is 157 Å². The summed E-state index contributed by atoms with van der Waals surface area (Å²) in [4.78, 5) is 23.0. The van der Waals surface area contributed by atoms with Crippen molar-refractivity contribution in [3.8, 4) is 0 Å². The molecule has 1 amide bonds. The average Bonchev–Trinajstić information content (AvgIpc) is 3.16. The second-order valence-electron chi connectivity index (χ2n) is 5.78. The van der Waals surface area contributed by atoms with Gasteiger partial charge in [0.05, 0.1) is 22.8 Å². The molecule has 2 aromatic heterocycles. The lowest BCUT2D eigenvalue weighted by molar-refractivity contribution is -0.137. The molecule has 0 fully saturated rings. The summed E-state index contributed by atoms with van der Waals surface area (Å²) >= 11 is 3.38. The third kappa shape index (κ3) is 4.37. The molecule has 0 aliphatic heterocycles. The highest BCUT2D eigenvalue weighted by atomic mass is 79.9. The van der Waals surface area contributed by atoms with Crippen molar-refractivity contribution < 1.29 is 14.7 Å². The molecule has 3 aromatic rings. The number of nitrogens with one attached hydrogen (secondary N) is 1. The second-order valence-corrected chi connectivity index (χ2v) is 6.64. The smallest absolute Gasteiger partial charge is 0.325 e. The summed E-state index contributed by atoms with van der Waals surface area (Å²) in [5.74, 6) is -1.06. The summed E-state index contributed by atoms with van der Waals surface area (Å²) in [7, 11) is 0. The predicted octanol–water partition coefficient (Wildman–Crippen LogP) is 2.54. The lowest BCUT2D eigenvalue weighted by atomic mass is 10.1. The molecule has 9 heteroatoms. The fraction of sp³-hybridized carbons (Fsp3) is 0.176. The molecule has 134 valence electrons. The van der Waals surface area contributed by atoms with E-state index in [1.807, 2.05) is 31.2 Å². The maximum Gasteiger partial charge on any atom is 0.325 e. The summed E-state index contributed by atoms with van der Waals surface area (Å²) in [6.07, 6.45) is 4.47. The Balaban J connectivity index is 1.68. The SMILES string of the molecule is Cc1ccc(Cn2cc(Br)c(NC(=O)c3cnn(CC(=O)O)c3)n2)cc1. The van der Waals surface area contributed by atoms with Crippen LogP contribution in [0.4, 0.5) is 5.82 Å². The van der Waals surface area contributed by atoms with E-state index in [1.165, 1.54) is 22.6 Å². The number of benzene rings is 1. The monoisotopic (exact) mass is 417 g/mol. The van der Waals surface area contributed by atoms with Crippen LogP contribution in [0.2, 0.25) is 0 Å². The van der Waals surface area contributed by atoms with Gasteiger partial charge >= 0.3 is 5.97 Å². The van der Waals surface area contributed by atoms with E-state index >= 15 is 0 Å². The van der Waals surface area contributed by atoms with Crippen LogP contribution in [0.3, 0.4) is 0 Å². The van der Waals surface area contributed by atoms with Crippen molar-refractivity contribution in [3.05, 3.63) is 64.0 Å². The molecule has 0 spiro atoms. The molecule has 0 atom stereocenters. The molecule has 0 radical (unpaired) electrons. The number of amides is 1. The molecule has 0 unspecified atom stereocenters. The van der Waals surface area contributed by atoms with E-state index in [-0.39, 0.29) is 12.1 Å². The number of hydrogen-bond donors (Lipinski definition) is 2. The Morgan fingerprint density at radius 1 is 1.19 bits per heavy atom. The van der Waals surface area contributed by atoms with Crippen LogP contribution in [0.1, 0.15) is 21.5 Å². The van der Waals surface area contributed by atoms with Crippen LogP contribution in [-0.2, 0) is 17.9 Å². The van der Waals surface area contributed by atoms with Gasteiger partial charge in [-0.15, -0.1) is 0 Å². The van der Waals surface area contributed by atoms with Gasteiger partial charge in [0, 0.05) is 12.4 Å². The minimum atomic E-state index is -1.03. The van der Waals surface area contributed by atoms with Gasteiger partial charge in [-0.3, -0.25) is 19.0 Å². The number of aryl methyl sites for hydroxylation is 1. The van der Waals surface area contributed by atoms with Gasteiger partial charge in [0.15, 0.2) is 5.82 Å². The first kappa shape index (κ1) is 17.9. The Morgan fingerprint density at radius 2 is 1.92 bits per heavy atom. The van der Waals surface area contributed by atoms with Crippen molar-refractivity contribution in [3.63, 3.8) is 0 Å². The van der Waals surface area contributed by atoms with Gasteiger partial charge in [-0.25, -0.2) is 0 Å². The summed E-state index contributed by atoms with van der Waals surface area (Å²) in [5, 5.41) is 19.6. The van der Waals surface area contributed by atoms with Crippen LogP contribution in [0.15, 0.2) is 47.3 Å². The zero-order valence-corrected chi connectivity index (χ0v) is 15.5. The molecule has 2 N–H and O–H groups in total. The minimum Gasteiger partial charge on any atom is -0.480 e. The molecule has 2 heterocycles. The maximum atomic E-state index is 12.3. The van der Waals surface area contributed by atoms with Crippen LogP contribution >= 0.6 is 15.9 Å². The van der Waals surface area contributed by atoms with Gasteiger partial charge in [-0.1, -0.05) is 29.8 Å². The number of aliphatic carboxylic acids is 1. The predicted molar refractivity (Wildman–Crippen MR) is 98.0 cm³/mol. The van der Waals surface area contributed by atoms with Gasteiger partial charge in [0.2, 0.25) is 0 Å². The highest BCUT2D eigenvalue weighted by Crippen LogP contribution is 2.21. The van der Waals surface area contributed by atoms with Crippen LogP contribution in [0.25, 0.3) is 0 Å². The first-order valence-corrected chi connectivity index (χ1v) is 8.54. The van der Waals surface area contributed by atoms with E-state index in [0.29, 0.717) is 16.8 Å². The van der Waals surface area contributed by atoms with E-state index in [1.54, 1.807) is 10.9 Å². The summed E-state index contributed by atoms with van der Waals surface area (Å²) in [6.45, 7) is 2.30. The molecule has 3 rings (SSSR count). The molecule has 0 saturated heterocycles. The molecule has 26 heavy (non-hydrogen) atoms. The third-order valence-electron chi connectivity index (χ3n) is 3.61. The van der Waals surface area contributed by atoms with Crippen LogP contribution in [-0.4, -0.2) is 36.5 Å². The highest BCUT2D eigenvalue weighted by molar-refractivity contribution is 9.10. The molecule has 0 saturated carbocycles. The summed E-state index contributed by atoms with van der Waals surface area (Å²) in [6, 6.07) is 8.12. The molecule has 0 aliphatic carbocycles. The number of aromatic nitrogens is 4. The van der Waals surface area contributed by atoms with E-state index in [0.717, 1.165) is 5.56 Å². The van der Waals surface area contributed by atoms with Gasteiger partial charge in [0.25, 0.3) is 5.91 Å². The van der Waals surface area contributed by atoms with E-state index in [9.17, 15) is 9.59 Å². The number of carboxylic acids is 1. The number of nitrogens with zero attached hydrogens (tertiary/aromatic N) is 4. The Hall–Kier alpha value is -2.94. The molecule has 0 aliphatic rings. The number of halogens is 1. The summed E-state index contributed by atoms with van der Waals surface area (Å²) < 4.78 is 3.55. The fourth-order valence-corrected chi connectivity index (χ4v) is 2.74. The van der Waals surface area contributed by atoms with Crippen molar-refractivity contribution in [2.75, 3.05) is 5.32 Å². The van der Waals surface area contributed by atoms with Crippen molar-refractivity contribution in [1.82, 2.24) is 19.6 Å². The molecule has 0 bridgehead atoms. The topological polar surface area (TPSA) is 102 Å². The zero-order chi connectivity index (χ0) is 18.7. The highest BCUT2D eigenvalue weighted by Gasteiger charge is 2.14. The summed E-state index contributed by atoms with van der Waals surface area (Å²) in [5.41, 5.74) is 2.54. The number of carbonyl (C=O) groups excluding carboxylic acids is 1. The van der Waals surface area contributed by atoms with Crippen molar-refractivity contribution in [2.24, 2.45) is 0 Å². The zero-order valence-electron chi connectivity index (χ0n) is 13.9. The Morgan fingerprint density at radius 3 is 2.62 bits per heavy atom. The van der Waals surface area contributed by atoms with Crippen molar-refractivity contribution in [1.29, 1.82) is 0 Å². The standard InChI is InChI=1S/C17H16BrN5O3/c1-11-2-4-12(5-3-11)7-23-9-14(18)16(21-23)20-17(26)13-6-19-22(8-13)10-15(24)25/h2-6,8-9H,7,10H2,1H3,(H,24,25)(H,20,21,26). The quantitative estimate of drug-likeness (QED) is 0.641. The molecular weight excluding hydrogens is 402 g/mol. The molecular formula is C17H16BrN5O3. The largest absolute Gasteiger partial charge is 0.480 e. The number of carboxylic acid groups (broad SMARTS) is 1. The van der Waals surface area contributed by atoms with Crippen LogP contribution in [0.5, 0.6) is 0 Å². The maximum absolute atomic E-state index is 12.3. The van der Waals surface area contributed by atoms with E-state index < -0.39 is 11.9 Å². The van der Waals surface area contributed by atoms with E-state index in [2.05, 4.69) is 31.4 Å². The number of anilines is 1. The van der Waals surface area contributed by atoms with Crippen LogP contribution in [0, 0.1) is 6.92 Å². The molecule has 8 nitrogen and oxygen atoms in total. The normalized spacial score (nSPS) is 10.7. The second kappa shape index (κ2) is 7.52. The lowest BCUT2D eigenvalue weighted by Gasteiger charge is -2.03. The number of hydrogen-bond acceptors (Lipinski definition) is 4. The number of carbonyl (C=O) groups is 2. The van der Waals surface area contributed by atoms with Gasteiger partial charge in [-0.2, -0.15) is 10.2 Å². The van der Waals surface area contributed by atoms with Crippen LogP contribution < -0.4 is 5.32 Å². The number of rotatable bonds is 6. The first-order chi connectivity index (χ1) is 12.4. The van der Waals surface area contributed by atoms with Crippen molar-refractivity contribution >= 4 is 33.6 Å². The average molecular weight is 418 g/mol. The lowest BCUT2D eigenvalue weighted by Crippen LogP contribution is -2.13. The fourth-order valence-electron chi connectivity index (χ4n) is 2.33. The third-order valence-corrected chi connectivity index (χ3v) is 4.19. The van der Waals surface area contributed by atoms with E-state index in [4.69, 9.17) is 5.11 Å². The minimum absolute atomic E-state index is 0.256. The first-order valence-electron chi connectivity index (χ1n) is 7.75. The molecule has 1 aromatic carbocycles. The Bertz CT molecular complexity index is 946. The van der Waals surface area contributed by atoms with Crippen molar-refractivity contribution in [2.45, 2.75) is 20.0 Å². The van der Waals surface area contributed by atoms with Gasteiger partial charge in [0.1, 0.15) is 6.54 Å².